The van der Waals surface area contributed by atoms with Gasteiger partial charge in [-0.1, -0.05) is 15.9 Å². The van der Waals surface area contributed by atoms with Crippen LogP contribution in [0, 0.1) is 0 Å². The predicted octanol–water partition coefficient (Wildman–Crippen LogP) is 1.17. The molecule has 3 N–H and O–H groups in total. The number of hydrogen-bond acceptors (Lipinski definition) is 4. The summed E-state index contributed by atoms with van der Waals surface area (Å²) >= 11 is 3.29. The van der Waals surface area contributed by atoms with Crippen molar-refractivity contribution in [3.63, 3.8) is 0 Å². The van der Waals surface area contributed by atoms with Gasteiger partial charge in [0.25, 0.3) is 0 Å². The van der Waals surface area contributed by atoms with E-state index in [1.165, 1.54) is 6.92 Å². The van der Waals surface area contributed by atoms with Crippen LogP contribution in [-0.2, 0) is 9.59 Å². The Morgan fingerprint density at radius 2 is 1.95 bits per heavy atom. The van der Waals surface area contributed by atoms with Crippen LogP contribution in [-0.4, -0.2) is 40.8 Å². The summed E-state index contributed by atoms with van der Waals surface area (Å²) in [7, 11) is 0. The quantitative estimate of drug-likeness (QED) is 0.689. The molecule has 7 heteroatoms. The zero-order chi connectivity index (χ0) is 15.1. The van der Waals surface area contributed by atoms with E-state index in [4.69, 9.17) is 9.84 Å². The molecular formula is C13H16BrNO5. The molecule has 1 amide bonds. The van der Waals surface area contributed by atoms with Crippen LogP contribution in [0.2, 0.25) is 0 Å². The van der Waals surface area contributed by atoms with E-state index in [1.54, 1.807) is 12.1 Å². The lowest BCUT2D eigenvalue weighted by molar-refractivity contribution is -0.144. The molecule has 0 aliphatic heterocycles. The fraction of sp³-hybridized carbons (Fsp3) is 0.385. The van der Waals surface area contributed by atoms with Crippen molar-refractivity contribution in [1.29, 1.82) is 0 Å². The molecule has 20 heavy (non-hydrogen) atoms. The molecule has 6 nitrogen and oxygen atoms in total. The molecule has 2 atom stereocenters. The lowest BCUT2D eigenvalue weighted by Crippen LogP contribution is -2.47. The highest BCUT2D eigenvalue weighted by molar-refractivity contribution is 9.10. The first-order valence-corrected chi connectivity index (χ1v) is 6.78. The van der Waals surface area contributed by atoms with Crippen molar-refractivity contribution in [2.45, 2.75) is 25.5 Å². The molecule has 0 aliphatic carbocycles. The molecule has 0 saturated heterocycles. The second-order valence-electron chi connectivity index (χ2n) is 4.18. The van der Waals surface area contributed by atoms with Crippen LogP contribution in [0.15, 0.2) is 28.7 Å². The number of carbonyl (C=O) groups excluding carboxylic acids is 1. The molecular weight excluding hydrogens is 330 g/mol. The standard InChI is InChI=1S/C13H16BrNO5/c1-8(16)12(13(18)19)15-11(17)6-7-20-10-4-2-9(14)3-5-10/h2-5,8,12,16H,6-7H2,1H3,(H,15,17)(H,18,19)/t8-,12+/m1/s1. The highest BCUT2D eigenvalue weighted by atomic mass is 79.9. The Hall–Kier alpha value is -1.60. The molecule has 110 valence electrons. The van der Waals surface area contributed by atoms with Crippen LogP contribution in [0.4, 0.5) is 0 Å². The van der Waals surface area contributed by atoms with Gasteiger partial charge in [0.2, 0.25) is 5.91 Å². The van der Waals surface area contributed by atoms with E-state index in [0.29, 0.717) is 5.75 Å². The van der Waals surface area contributed by atoms with Gasteiger partial charge in [0, 0.05) is 4.47 Å². The Balaban J connectivity index is 2.36. The van der Waals surface area contributed by atoms with Gasteiger partial charge in [0.1, 0.15) is 5.75 Å². The van der Waals surface area contributed by atoms with Crippen LogP contribution in [0.25, 0.3) is 0 Å². The van der Waals surface area contributed by atoms with Crippen molar-refractivity contribution in [3.05, 3.63) is 28.7 Å². The summed E-state index contributed by atoms with van der Waals surface area (Å²) in [5.41, 5.74) is 0. The fourth-order valence-corrected chi connectivity index (χ4v) is 1.69. The van der Waals surface area contributed by atoms with E-state index in [1.807, 2.05) is 12.1 Å². The zero-order valence-electron chi connectivity index (χ0n) is 10.9. The first kappa shape index (κ1) is 16.5. The van der Waals surface area contributed by atoms with E-state index in [2.05, 4.69) is 21.2 Å². The number of benzene rings is 1. The van der Waals surface area contributed by atoms with Gasteiger partial charge >= 0.3 is 5.97 Å². The van der Waals surface area contributed by atoms with Gasteiger partial charge in [-0.3, -0.25) is 4.79 Å². The number of carbonyl (C=O) groups is 2. The number of aliphatic hydroxyl groups excluding tert-OH is 1. The van der Waals surface area contributed by atoms with Crippen molar-refractivity contribution in [1.82, 2.24) is 5.32 Å². The molecule has 0 unspecified atom stereocenters. The number of nitrogens with one attached hydrogen (secondary N) is 1. The maximum absolute atomic E-state index is 11.5. The van der Waals surface area contributed by atoms with E-state index in [0.717, 1.165) is 4.47 Å². The Labute approximate surface area is 124 Å². The van der Waals surface area contributed by atoms with Gasteiger partial charge in [-0.05, 0) is 31.2 Å². The molecule has 1 rings (SSSR count). The molecule has 0 aromatic heterocycles. The Kier molecular flexibility index (Phi) is 6.47. The molecule has 0 bridgehead atoms. The third-order valence-corrected chi connectivity index (χ3v) is 3.01. The Morgan fingerprint density at radius 3 is 2.45 bits per heavy atom. The number of aliphatic hydroxyl groups is 1. The number of aliphatic carboxylic acids is 1. The molecule has 0 aliphatic rings. The number of rotatable bonds is 7. The van der Waals surface area contributed by atoms with Crippen molar-refractivity contribution in [2.75, 3.05) is 6.61 Å². The number of hydrogen-bond donors (Lipinski definition) is 3. The summed E-state index contributed by atoms with van der Waals surface area (Å²) in [5, 5.41) is 20.3. The van der Waals surface area contributed by atoms with Crippen molar-refractivity contribution in [2.24, 2.45) is 0 Å². The van der Waals surface area contributed by atoms with Crippen molar-refractivity contribution in [3.8, 4) is 5.75 Å². The molecule has 1 aromatic rings. The van der Waals surface area contributed by atoms with E-state index < -0.39 is 24.0 Å². The largest absolute Gasteiger partial charge is 0.493 e. The minimum absolute atomic E-state index is 0.00651. The third kappa shape index (κ3) is 5.58. The number of amides is 1. The first-order valence-electron chi connectivity index (χ1n) is 5.98. The molecule has 0 saturated carbocycles. The average Bonchev–Trinajstić information content (AvgIpc) is 2.37. The van der Waals surface area contributed by atoms with Gasteiger partial charge in [-0.15, -0.1) is 0 Å². The number of carboxylic acid groups (broad SMARTS) is 1. The summed E-state index contributed by atoms with van der Waals surface area (Å²) in [6.45, 7) is 1.43. The van der Waals surface area contributed by atoms with Crippen LogP contribution in [0.3, 0.4) is 0 Å². The van der Waals surface area contributed by atoms with E-state index >= 15 is 0 Å². The summed E-state index contributed by atoms with van der Waals surface area (Å²) in [5.74, 6) is -1.15. The fourth-order valence-electron chi connectivity index (χ4n) is 1.43. The van der Waals surface area contributed by atoms with E-state index in [9.17, 15) is 14.7 Å². The minimum atomic E-state index is -1.31. The molecule has 1 aromatic carbocycles. The number of halogens is 1. The number of carboxylic acids is 1. The zero-order valence-corrected chi connectivity index (χ0v) is 12.5. The second kappa shape index (κ2) is 7.86. The summed E-state index contributed by atoms with van der Waals surface area (Å²) in [6, 6.07) is 5.80. The molecule has 0 radical (unpaired) electrons. The van der Waals surface area contributed by atoms with Gasteiger partial charge in [-0.25, -0.2) is 4.79 Å². The smallest absolute Gasteiger partial charge is 0.328 e. The summed E-state index contributed by atoms with van der Waals surface area (Å²) < 4.78 is 6.26. The summed E-state index contributed by atoms with van der Waals surface area (Å²) in [4.78, 5) is 22.3. The number of ether oxygens (including phenoxy) is 1. The second-order valence-corrected chi connectivity index (χ2v) is 5.09. The highest BCUT2D eigenvalue weighted by Crippen LogP contribution is 2.16. The molecule has 0 fully saturated rings. The van der Waals surface area contributed by atoms with Gasteiger partial charge in [-0.2, -0.15) is 0 Å². The van der Waals surface area contributed by atoms with Gasteiger partial charge in [0.05, 0.1) is 19.1 Å². The molecule has 0 spiro atoms. The van der Waals surface area contributed by atoms with Gasteiger partial charge in [0.15, 0.2) is 6.04 Å². The van der Waals surface area contributed by atoms with Crippen molar-refractivity contribution >= 4 is 27.8 Å². The monoisotopic (exact) mass is 345 g/mol. The van der Waals surface area contributed by atoms with Crippen LogP contribution in [0.1, 0.15) is 13.3 Å². The van der Waals surface area contributed by atoms with Crippen LogP contribution < -0.4 is 10.1 Å². The average molecular weight is 346 g/mol. The lowest BCUT2D eigenvalue weighted by Gasteiger charge is -2.17. The minimum Gasteiger partial charge on any atom is -0.493 e. The van der Waals surface area contributed by atoms with Crippen LogP contribution >= 0.6 is 15.9 Å². The normalized spacial score (nSPS) is 13.3. The maximum Gasteiger partial charge on any atom is 0.328 e. The van der Waals surface area contributed by atoms with Crippen LogP contribution in [0.5, 0.6) is 5.75 Å². The first-order chi connectivity index (χ1) is 9.40. The lowest BCUT2D eigenvalue weighted by atomic mass is 10.2. The Bertz CT molecular complexity index is 460. The summed E-state index contributed by atoms with van der Waals surface area (Å²) in [6.07, 6.45) is -1.16. The highest BCUT2D eigenvalue weighted by Gasteiger charge is 2.24. The SMILES string of the molecule is C[C@@H](O)[C@H](NC(=O)CCOc1ccc(Br)cc1)C(=O)O. The maximum atomic E-state index is 11.5. The van der Waals surface area contributed by atoms with Gasteiger partial charge < -0.3 is 20.3 Å². The predicted molar refractivity (Wildman–Crippen MR) is 75.5 cm³/mol. The Morgan fingerprint density at radius 1 is 1.35 bits per heavy atom. The topological polar surface area (TPSA) is 95.9 Å². The van der Waals surface area contributed by atoms with E-state index in [-0.39, 0.29) is 13.0 Å². The molecule has 0 heterocycles. The third-order valence-electron chi connectivity index (χ3n) is 2.48. The van der Waals surface area contributed by atoms with Crippen molar-refractivity contribution < 1.29 is 24.5 Å².